The number of rotatable bonds is 2. The van der Waals surface area contributed by atoms with Gasteiger partial charge in [-0.3, -0.25) is 0 Å². The lowest BCUT2D eigenvalue weighted by Crippen LogP contribution is -2.02. The third kappa shape index (κ3) is 1.66. The van der Waals surface area contributed by atoms with Gasteiger partial charge in [0.05, 0.1) is 34.9 Å². The third-order valence-corrected chi connectivity index (χ3v) is 3.02. The van der Waals surface area contributed by atoms with E-state index in [2.05, 4.69) is 11.2 Å². The summed E-state index contributed by atoms with van der Waals surface area (Å²) < 4.78 is 1.86. The molecule has 4 heteroatoms. The number of anilines is 1. The Hall–Kier alpha value is -2.28. The molecule has 3 rings (SSSR count). The summed E-state index contributed by atoms with van der Waals surface area (Å²) in [5.74, 6) is 0.531. The van der Waals surface area contributed by atoms with Crippen molar-refractivity contribution in [3.63, 3.8) is 0 Å². The Morgan fingerprint density at radius 3 is 2.94 bits per heavy atom. The number of hydrogen-bond acceptors (Lipinski definition) is 3. The molecule has 1 aromatic heterocycles. The second-order valence-electron chi connectivity index (χ2n) is 4.33. The van der Waals surface area contributed by atoms with E-state index in [0.29, 0.717) is 11.5 Å². The monoisotopic (exact) mass is 224 g/mol. The summed E-state index contributed by atoms with van der Waals surface area (Å²) in [4.78, 5) is 0. The lowest BCUT2D eigenvalue weighted by atomic mass is 10.2. The molecule has 1 heterocycles. The molecule has 0 spiro atoms. The zero-order valence-corrected chi connectivity index (χ0v) is 9.30. The Labute approximate surface area is 99.3 Å². The molecule has 0 bridgehead atoms. The lowest BCUT2D eigenvalue weighted by molar-refractivity contribution is 0.809. The van der Waals surface area contributed by atoms with Crippen LogP contribution >= 0.6 is 0 Å². The fourth-order valence-corrected chi connectivity index (χ4v) is 2.05. The maximum atomic E-state index is 8.90. The van der Waals surface area contributed by atoms with E-state index >= 15 is 0 Å². The van der Waals surface area contributed by atoms with Crippen molar-refractivity contribution < 1.29 is 0 Å². The number of aromatic nitrogens is 2. The van der Waals surface area contributed by atoms with Crippen molar-refractivity contribution in [1.29, 1.82) is 5.26 Å². The topological polar surface area (TPSA) is 67.6 Å². The van der Waals surface area contributed by atoms with Gasteiger partial charge in [-0.25, -0.2) is 4.68 Å². The SMILES string of the molecule is N#Cc1cccc(-n2ncc(N)c2C2CC2)c1. The van der Waals surface area contributed by atoms with Crippen LogP contribution in [0.5, 0.6) is 0 Å². The Morgan fingerprint density at radius 1 is 1.41 bits per heavy atom. The first-order valence-electron chi connectivity index (χ1n) is 5.63. The highest BCUT2D eigenvalue weighted by Gasteiger charge is 2.30. The van der Waals surface area contributed by atoms with Gasteiger partial charge in [-0.15, -0.1) is 0 Å². The van der Waals surface area contributed by atoms with Crippen molar-refractivity contribution in [3.05, 3.63) is 41.7 Å². The number of hydrogen-bond donors (Lipinski definition) is 1. The highest BCUT2D eigenvalue weighted by atomic mass is 15.3. The van der Waals surface area contributed by atoms with Crippen molar-refractivity contribution in [2.75, 3.05) is 5.73 Å². The van der Waals surface area contributed by atoms with E-state index in [1.54, 1.807) is 12.3 Å². The van der Waals surface area contributed by atoms with Gasteiger partial charge in [0.15, 0.2) is 0 Å². The molecular formula is C13H12N4. The van der Waals surface area contributed by atoms with Gasteiger partial charge in [0.25, 0.3) is 0 Å². The van der Waals surface area contributed by atoms with Crippen LogP contribution in [0.2, 0.25) is 0 Å². The van der Waals surface area contributed by atoms with E-state index in [1.165, 1.54) is 12.8 Å². The quantitative estimate of drug-likeness (QED) is 0.850. The summed E-state index contributed by atoms with van der Waals surface area (Å²) in [5, 5.41) is 13.2. The number of nitrogens with zero attached hydrogens (tertiary/aromatic N) is 3. The van der Waals surface area contributed by atoms with Crippen molar-refractivity contribution in [1.82, 2.24) is 9.78 Å². The molecule has 0 radical (unpaired) electrons. The minimum Gasteiger partial charge on any atom is -0.396 e. The Kier molecular flexibility index (Phi) is 2.12. The first kappa shape index (κ1) is 9.91. The smallest absolute Gasteiger partial charge is 0.0992 e. The van der Waals surface area contributed by atoms with Gasteiger partial charge in [0, 0.05) is 5.92 Å². The van der Waals surface area contributed by atoms with E-state index < -0.39 is 0 Å². The van der Waals surface area contributed by atoms with Crippen LogP contribution in [0, 0.1) is 11.3 Å². The summed E-state index contributed by atoms with van der Waals surface area (Å²) in [6, 6.07) is 9.56. The average Bonchev–Trinajstić information content (AvgIpc) is 3.12. The van der Waals surface area contributed by atoms with Gasteiger partial charge in [-0.1, -0.05) is 6.07 Å². The van der Waals surface area contributed by atoms with Crippen LogP contribution in [0.15, 0.2) is 30.5 Å². The number of nitrogens with two attached hydrogens (primary N) is 1. The fourth-order valence-electron chi connectivity index (χ4n) is 2.05. The summed E-state index contributed by atoms with van der Waals surface area (Å²) in [6.45, 7) is 0. The zero-order valence-electron chi connectivity index (χ0n) is 9.30. The van der Waals surface area contributed by atoms with Crippen molar-refractivity contribution in [2.24, 2.45) is 0 Å². The second-order valence-corrected chi connectivity index (χ2v) is 4.33. The molecule has 2 aromatic rings. The van der Waals surface area contributed by atoms with Crippen molar-refractivity contribution >= 4 is 5.69 Å². The van der Waals surface area contributed by atoms with Gasteiger partial charge in [-0.05, 0) is 31.0 Å². The predicted molar refractivity (Wildman–Crippen MR) is 64.7 cm³/mol. The summed E-state index contributed by atoms with van der Waals surface area (Å²) in [7, 11) is 0. The molecular weight excluding hydrogens is 212 g/mol. The van der Waals surface area contributed by atoms with Crippen molar-refractivity contribution in [2.45, 2.75) is 18.8 Å². The molecule has 0 amide bonds. The van der Waals surface area contributed by atoms with E-state index in [0.717, 1.165) is 17.1 Å². The molecule has 0 aliphatic heterocycles. The maximum absolute atomic E-state index is 8.90. The molecule has 1 saturated carbocycles. The fraction of sp³-hybridized carbons (Fsp3) is 0.231. The van der Waals surface area contributed by atoms with Crippen molar-refractivity contribution in [3.8, 4) is 11.8 Å². The van der Waals surface area contributed by atoms with Gasteiger partial charge >= 0.3 is 0 Å². The second kappa shape index (κ2) is 3.63. The zero-order chi connectivity index (χ0) is 11.8. The van der Waals surface area contributed by atoms with E-state index in [4.69, 9.17) is 11.0 Å². The number of nitriles is 1. The normalized spacial score (nSPS) is 14.5. The van der Waals surface area contributed by atoms with Crippen LogP contribution in [0.3, 0.4) is 0 Å². The van der Waals surface area contributed by atoms with Crippen LogP contribution < -0.4 is 5.73 Å². The van der Waals surface area contributed by atoms with Gasteiger partial charge in [0.1, 0.15) is 0 Å². The van der Waals surface area contributed by atoms with E-state index in [1.807, 2.05) is 22.9 Å². The average molecular weight is 224 g/mol. The maximum Gasteiger partial charge on any atom is 0.0992 e. The van der Waals surface area contributed by atoms with Crippen LogP contribution in [0.1, 0.15) is 30.0 Å². The Bertz CT molecular complexity index is 602. The molecule has 1 aromatic carbocycles. The predicted octanol–water partition coefficient (Wildman–Crippen LogP) is 2.20. The molecule has 1 fully saturated rings. The Balaban J connectivity index is 2.12. The first-order chi connectivity index (χ1) is 8.29. The molecule has 0 saturated heterocycles. The van der Waals surface area contributed by atoms with Gasteiger partial charge in [0.2, 0.25) is 0 Å². The number of benzene rings is 1. The molecule has 1 aliphatic rings. The highest BCUT2D eigenvalue weighted by Crippen LogP contribution is 2.43. The first-order valence-corrected chi connectivity index (χ1v) is 5.63. The summed E-state index contributed by atoms with van der Waals surface area (Å²) in [6.07, 6.45) is 4.04. The molecule has 84 valence electrons. The van der Waals surface area contributed by atoms with Crippen LogP contribution in [0.4, 0.5) is 5.69 Å². The molecule has 0 unspecified atom stereocenters. The minimum atomic E-state index is 0.531. The molecule has 2 N–H and O–H groups in total. The third-order valence-electron chi connectivity index (χ3n) is 3.02. The largest absolute Gasteiger partial charge is 0.396 e. The van der Waals surface area contributed by atoms with E-state index in [9.17, 15) is 0 Å². The van der Waals surface area contributed by atoms with E-state index in [-0.39, 0.29) is 0 Å². The highest BCUT2D eigenvalue weighted by molar-refractivity contribution is 5.50. The van der Waals surface area contributed by atoms with Crippen LogP contribution in [0.25, 0.3) is 5.69 Å². The van der Waals surface area contributed by atoms with Crippen LogP contribution in [-0.4, -0.2) is 9.78 Å². The standard InChI is InChI=1S/C13H12N4/c14-7-9-2-1-3-11(6-9)17-13(10-4-5-10)12(15)8-16-17/h1-3,6,8,10H,4-5,15H2. The Morgan fingerprint density at radius 2 is 2.24 bits per heavy atom. The minimum absolute atomic E-state index is 0.531. The van der Waals surface area contributed by atoms with Gasteiger partial charge < -0.3 is 5.73 Å². The molecule has 0 atom stereocenters. The van der Waals surface area contributed by atoms with Gasteiger partial charge in [-0.2, -0.15) is 10.4 Å². The molecule has 4 nitrogen and oxygen atoms in total. The summed E-state index contributed by atoms with van der Waals surface area (Å²) in [5.41, 5.74) is 9.31. The summed E-state index contributed by atoms with van der Waals surface area (Å²) >= 11 is 0. The molecule has 1 aliphatic carbocycles. The molecule has 17 heavy (non-hydrogen) atoms. The number of nitrogen functional groups attached to an aromatic ring is 1. The van der Waals surface area contributed by atoms with Crippen LogP contribution in [-0.2, 0) is 0 Å². The lowest BCUT2D eigenvalue weighted by Gasteiger charge is -2.07.